The summed E-state index contributed by atoms with van der Waals surface area (Å²) in [4.78, 5) is 30.7. The van der Waals surface area contributed by atoms with E-state index in [1.54, 1.807) is 6.92 Å². The molecule has 84 valence electrons. The van der Waals surface area contributed by atoms with E-state index in [1.807, 2.05) is 0 Å². The van der Waals surface area contributed by atoms with Gasteiger partial charge in [0.15, 0.2) is 17.3 Å². The van der Waals surface area contributed by atoms with Gasteiger partial charge in [0, 0.05) is 0 Å². The summed E-state index contributed by atoms with van der Waals surface area (Å²) in [6.07, 6.45) is 0. The number of nitrogens with two attached hydrogens (primary N) is 1. The van der Waals surface area contributed by atoms with Crippen molar-refractivity contribution >= 4 is 29.3 Å². The van der Waals surface area contributed by atoms with E-state index in [2.05, 4.69) is 9.97 Å². The second-order valence-electron chi connectivity index (χ2n) is 3.04. The van der Waals surface area contributed by atoms with Crippen LogP contribution in [0.3, 0.4) is 0 Å². The third-order valence-electron chi connectivity index (χ3n) is 1.96. The molecule has 0 saturated carbocycles. The Hall–Kier alpha value is -1.63. The molecule has 6 nitrogen and oxygen atoms in total. The minimum Gasteiger partial charge on any atom is -0.461 e. The summed E-state index contributed by atoms with van der Waals surface area (Å²) in [5.41, 5.74) is 5.69. The number of ether oxygens (including phenoxy) is 1. The lowest BCUT2D eigenvalue weighted by Crippen LogP contribution is -2.14. The number of Topliss-reactive ketones (excluding diaryl/α,β-unsaturated/α-hetero) is 1. The highest BCUT2D eigenvalue weighted by atomic mass is 32.2. The number of aromatic nitrogens is 2. The Morgan fingerprint density at radius 1 is 1.56 bits per heavy atom. The average Bonchev–Trinajstić information content (AvgIpc) is 2.59. The Kier molecular flexibility index (Phi) is 2.78. The summed E-state index contributed by atoms with van der Waals surface area (Å²) < 4.78 is 4.76. The molecule has 0 bridgehead atoms. The number of fused-ring (bicyclic) bond motifs is 1. The zero-order valence-corrected chi connectivity index (χ0v) is 9.34. The van der Waals surface area contributed by atoms with Gasteiger partial charge in [0.1, 0.15) is 10.7 Å². The number of thioether (sulfide) groups is 1. The van der Waals surface area contributed by atoms with Gasteiger partial charge in [-0.15, -0.1) is 0 Å². The summed E-state index contributed by atoms with van der Waals surface area (Å²) >= 11 is 1.27. The first-order valence-electron chi connectivity index (χ1n) is 4.64. The van der Waals surface area contributed by atoms with Crippen molar-refractivity contribution in [3.05, 3.63) is 11.4 Å². The molecule has 1 aromatic heterocycles. The molecule has 0 saturated heterocycles. The second-order valence-corrected chi connectivity index (χ2v) is 4.01. The maximum absolute atomic E-state index is 11.4. The standard InChI is InChI=1S/C9H9N3O3S/c1-2-15-9(14)6-7(10)12-8-5(11-6)4(13)3-16-8/h2-3H2,1H3,(H2,10,12). The zero-order chi connectivity index (χ0) is 11.7. The van der Waals surface area contributed by atoms with Crippen molar-refractivity contribution in [3.8, 4) is 0 Å². The molecule has 1 aliphatic heterocycles. The fraction of sp³-hybridized carbons (Fsp3) is 0.333. The Morgan fingerprint density at radius 2 is 2.31 bits per heavy atom. The number of rotatable bonds is 2. The van der Waals surface area contributed by atoms with Gasteiger partial charge in [0.2, 0.25) is 0 Å². The summed E-state index contributed by atoms with van der Waals surface area (Å²) in [7, 11) is 0. The van der Waals surface area contributed by atoms with Crippen molar-refractivity contribution in [3.63, 3.8) is 0 Å². The maximum atomic E-state index is 11.4. The SMILES string of the molecule is CCOC(=O)c1nc2c(nc1N)SCC2=O. The molecule has 7 heteroatoms. The molecule has 0 unspecified atom stereocenters. The topological polar surface area (TPSA) is 95.2 Å². The highest BCUT2D eigenvalue weighted by Gasteiger charge is 2.27. The molecule has 0 fully saturated rings. The number of esters is 1. The van der Waals surface area contributed by atoms with Crippen LogP contribution in [0.5, 0.6) is 0 Å². The molecule has 0 radical (unpaired) electrons. The monoisotopic (exact) mass is 239 g/mol. The van der Waals surface area contributed by atoms with Gasteiger partial charge in [0.25, 0.3) is 0 Å². The Morgan fingerprint density at radius 3 is 3.00 bits per heavy atom. The first-order valence-corrected chi connectivity index (χ1v) is 5.62. The van der Waals surface area contributed by atoms with Crippen LogP contribution in [0.1, 0.15) is 27.9 Å². The van der Waals surface area contributed by atoms with E-state index in [-0.39, 0.29) is 29.6 Å². The number of nitrogen functional groups attached to an aromatic ring is 1. The molecule has 1 aliphatic rings. The highest BCUT2D eigenvalue weighted by molar-refractivity contribution is 8.00. The molecule has 16 heavy (non-hydrogen) atoms. The van der Waals surface area contributed by atoms with Crippen LogP contribution in [0.15, 0.2) is 5.03 Å². The van der Waals surface area contributed by atoms with Crippen molar-refractivity contribution in [2.45, 2.75) is 11.9 Å². The van der Waals surface area contributed by atoms with Crippen LogP contribution in [-0.2, 0) is 4.74 Å². The van der Waals surface area contributed by atoms with E-state index in [0.29, 0.717) is 10.8 Å². The largest absolute Gasteiger partial charge is 0.461 e. The lowest BCUT2D eigenvalue weighted by atomic mass is 10.3. The first kappa shape index (κ1) is 10.9. The molecule has 0 amide bonds. The number of carbonyl (C=O) groups excluding carboxylic acids is 2. The summed E-state index contributed by atoms with van der Waals surface area (Å²) in [6.45, 7) is 1.90. The molecule has 2 rings (SSSR count). The van der Waals surface area contributed by atoms with Crippen LogP contribution < -0.4 is 5.73 Å². The van der Waals surface area contributed by atoms with Crippen LogP contribution in [0, 0.1) is 0 Å². The Balaban J connectivity index is 2.44. The Bertz CT molecular complexity index is 475. The minimum atomic E-state index is -0.653. The highest BCUT2D eigenvalue weighted by Crippen LogP contribution is 2.29. The van der Waals surface area contributed by atoms with Crippen LogP contribution in [0.4, 0.5) is 5.82 Å². The normalized spacial score (nSPS) is 13.7. The van der Waals surface area contributed by atoms with Crippen molar-refractivity contribution < 1.29 is 14.3 Å². The van der Waals surface area contributed by atoms with Gasteiger partial charge in [-0.25, -0.2) is 14.8 Å². The van der Waals surface area contributed by atoms with E-state index in [4.69, 9.17) is 10.5 Å². The fourth-order valence-corrected chi connectivity index (χ4v) is 2.13. The number of hydrogen-bond donors (Lipinski definition) is 1. The smallest absolute Gasteiger partial charge is 0.360 e. The molecule has 1 aromatic rings. The van der Waals surface area contributed by atoms with E-state index in [9.17, 15) is 9.59 Å². The van der Waals surface area contributed by atoms with Gasteiger partial charge < -0.3 is 10.5 Å². The average molecular weight is 239 g/mol. The molecule has 0 aromatic carbocycles. The van der Waals surface area contributed by atoms with E-state index in [1.165, 1.54) is 11.8 Å². The minimum absolute atomic E-state index is 0.000556. The van der Waals surface area contributed by atoms with Crippen molar-refractivity contribution in [1.82, 2.24) is 9.97 Å². The van der Waals surface area contributed by atoms with E-state index < -0.39 is 5.97 Å². The Labute approximate surface area is 95.6 Å². The van der Waals surface area contributed by atoms with Crippen molar-refractivity contribution in [2.24, 2.45) is 0 Å². The quantitative estimate of drug-likeness (QED) is 0.752. The predicted molar refractivity (Wildman–Crippen MR) is 57.5 cm³/mol. The zero-order valence-electron chi connectivity index (χ0n) is 8.52. The van der Waals surface area contributed by atoms with Crippen LogP contribution in [0.25, 0.3) is 0 Å². The van der Waals surface area contributed by atoms with Gasteiger partial charge in [0.05, 0.1) is 12.4 Å². The molecule has 0 atom stereocenters. The predicted octanol–water partition coefficient (Wildman–Crippen LogP) is 0.524. The van der Waals surface area contributed by atoms with Gasteiger partial charge >= 0.3 is 5.97 Å². The number of carbonyl (C=O) groups is 2. The number of ketones is 1. The number of anilines is 1. The second kappa shape index (κ2) is 4.09. The van der Waals surface area contributed by atoms with Crippen molar-refractivity contribution in [2.75, 3.05) is 18.1 Å². The molecular formula is C9H9N3O3S. The molecule has 0 aliphatic carbocycles. The van der Waals surface area contributed by atoms with Crippen molar-refractivity contribution in [1.29, 1.82) is 0 Å². The van der Waals surface area contributed by atoms with E-state index in [0.717, 1.165) is 0 Å². The molecule has 0 spiro atoms. The molecule has 2 heterocycles. The third kappa shape index (κ3) is 1.73. The summed E-state index contributed by atoms with van der Waals surface area (Å²) in [6, 6.07) is 0. The summed E-state index contributed by atoms with van der Waals surface area (Å²) in [5, 5.41) is 0.482. The number of nitrogens with zero attached hydrogens (tertiary/aromatic N) is 2. The van der Waals surface area contributed by atoms with Gasteiger partial charge in [-0.1, -0.05) is 11.8 Å². The van der Waals surface area contributed by atoms with Gasteiger partial charge in [-0.05, 0) is 6.92 Å². The van der Waals surface area contributed by atoms with Gasteiger partial charge in [-0.2, -0.15) is 0 Å². The van der Waals surface area contributed by atoms with Gasteiger partial charge in [-0.3, -0.25) is 4.79 Å². The fourth-order valence-electron chi connectivity index (χ4n) is 1.27. The number of hydrogen-bond acceptors (Lipinski definition) is 7. The third-order valence-corrected chi connectivity index (χ3v) is 2.93. The van der Waals surface area contributed by atoms with Crippen LogP contribution in [0.2, 0.25) is 0 Å². The summed E-state index contributed by atoms with van der Waals surface area (Å²) in [5.74, 6) is -0.501. The lowest BCUT2D eigenvalue weighted by Gasteiger charge is -2.05. The van der Waals surface area contributed by atoms with Crippen LogP contribution in [-0.4, -0.2) is 34.1 Å². The first-order chi connectivity index (χ1) is 7.63. The maximum Gasteiger partial charge on any atom is 0.360 e. The lowest BCUT2D eigenvalue weighted by molar-refractivity contribution is 0.0520. The molecule has 2 N–H and O–H groups in total. The van der Waals surface area contributed by atoms with E-state index >= 15 is 0 Å². The van der Waals surface area contributed by atoms with Crippen LogP contribution >= 0.6 is 11.8 Å². The molecular weight excluding hydrogens is 230 g/mol.